The molecule has 2 rings (SSSR count). The van der Waals surface area contributed by atoms with Crippen molar-refractivity contribution in [3.63, 3.8) is 0 Å². The van der Waals surface area contributed by atoms with Crippen LogP contribution in [0, 0.1) is 0 Å². The minimum atomic E-state index is -0.887. The van der Waals surface area contributed by atoms with Gasteiger partial charge in [0, 0.05) is 16.7 Å². The zero-order valence-electron chi connectivity index (χ0n) is 13.2. The molecule has 0 atom stereocenters. The Morgan fingerprint density at radius 2 is 1.67 bits per heavy atom. The number of hydrogen-bond donors (Lipinski definition) is 2. The van der Waals surface area contributed by atoms with E-state index in [0.29, 0.717) is 0 Å². The SMILES string of the molecule is CC(C)(C)c1[nH]ncc1-c1ccc(C(C)(C)C(=O)O)cc1. The van der Waals surface area contributed by atoms with Crippen molar-refractivity contribution in [3.05, 3.63) is 41.7 Å². The van der Waals surface area contributed by atoms with Gasteiger partial charge in [0.25, 0.3) is 0 Å². The van der Waals surface area contributed by atoms with E-state index in [2.05, 4.69) is 31.0 Å². The molecule has 2 aromatic rings. The summed E-state index contributed by atoms with van der Waals surface area (Å²) in [5.74, 6) is -0.825. The van der Waals surface area contributed by atoms with E-state index in [1.165, 1.54) is 0 Å². The van der Waals surface area contributed by atoms with Crippen LogP contribution >= 0.6 is 0 Å². The molecule has 0 fully saturated rings. The second kappa shape index (κ2) is 5.02. The largest absolute Gasteiger partial charge is 0.481 e. The Morgan fingerprint density at radius 1 is 1.10 bits per heavy atom. The maximum absolute atomic E-state index is 11.3. The first-order valence-electron chi connectivity index (χ1n) is 7.02. The number of nitrogens with zero attached hydrogens (tertiary/aromatic N) is 1. The van der Waals surface area contributed by atoms with Crippen molar-refractivity contribution in [1.82, 2.24) is 10.2 Å². The molecule has 4 nitrogen and oxygen atoms in total. The fraction of sp³-hybridized carbons (Fsp3) is 0.412. The summed E-state index contributed by atoms with van der Waals surface area (Å²) in [5, 5.41) is 16.5. The van der Waals surface area contributed by atoms with Crippen molar-refractivity contribution in [2.45, 2.75) is 45.4 Å². The Balaban J connectivity index is 2.41. The number of carbonyl (C=O) groups is 1. The molecule has 0 saturated carbocycles. The van der Waals surface area contributed by atoms with Crippen molar-refractivity contribution >= 4 is 5.97 Å². The molecule has 1 aromatic heterocycles. The lowest BCUT2D eigenvalue weighted by atomic mass is 9.83. The van der Waals surface area contributed by atoms with Gasteiger partial charge in [-0.1, -0.05) is 45.0 Å². The van der Waals surface area contributed by atoms with Crippen LogP contribution < -0.4 is 0 Å². The quantitative estimate of drug-likeness (QED) is 0.903. The molecule has 0 aliphatic heterocycles. The number of nitrogens with one attached hydrogen (secondary N) is 1. The van der Waals surface area contributed by atoms with E-state index in [4.69, 9.17) is 0 Å². The molecule has 0 saturated heterocycles. The van der Waals surface area contributed by atoms with Gasteiger partial charge in [0.05, 0.1) is 11.6 Å². The smallest absolute Gasteiger partial charge is 0.313 e. The first-order chi connectivity index (χ1) is 9.64. The molecule has 0 radical (unpaired) electrons. The van der Waals surface area contributed by atoms with Crippen LogP contribution in [0.3, 0.4) is 0 Å². The third kappa shape index (κ3) is 2.84. The summed E-state index contributed by atoms with van der Waals surface area (Å²) >= 11 is 0. The molecule has 1 heterocycles. The number of benzene rings is 1. The van der Waals surface area contributed by atoms with Gasteiger partial charge in [0.15, 0.2) is 0 Å². The maximum Gasteiger partial charge on any atom is 0.313 e. The van der Waals surface area contributed by atoms with Crippen LogP contribution in [-0.2, 0) is 15.6 Å². The van der Waals surface area contributed by atoms with E-state index in [-0.39, 0.29) is 5.41 Å². The highest BCUT2D eigenvalue weighted by Crippen LogP contribution is 2.32. The van der Waals surface area contributed by atoms with Crippen LogP contribution in [0.5, 0.6) is 0 Å². The number of carboxylic acid groups (broad SMARTS) is 1. The molecule has 2 N–H and O–H groups in total. The zero-order valence-corrected chi connectivity index (χ0v) is 13.2. The summed E-state index contributed by atoms with van der Waals surface area (Å²) in [7, 11) is 0. The lowest BCUT2D eigenvalue weighted by Gasteiger charge is -2.21. The number of hydrogen-bond acceptors (Lipinski definition) is 2. The van der Waals surface area contributed by atoms with Gasteiger partial charge < -0.3 is 5.11 Å². The summed E-state index contributed by atoms with van der Waals surface area (Å²) in [6, 6.07) is 7.67. The number of rotatable bonds is 3. The normalized spacial score (nSPS) is 12.4. The fourth-order valence-electron chi connectivity index (χ4n) is 2.27. The highest BCUT2D eigenvalue weighted by molar-refractivity contribution is 5.80. The third-order valence-corrected chi connectivity index (χ3v) is 3.84. The highest BCUT2D eigenvalue weighted by Gasteiger charge is 2.29. The van der Waals surface area contributed by atoms with E-state index < -0.39 is 11.4 Å². The Morgan fingerprint density at radius 3 is 2.14 bits per heavy atom. The molecular weight excluding hydrogens is 264 g/mol. The summed E-state index contributed by atoms with van der Waals surface area (Å²) in [6.07, 6.45) is 1.82. The predicted molar refractivity (Wildman–Crippen MR) is 83.4 cm³/mol. The van der Waals surface area contributed by atoms with Gasteiger partial charge in [-0.2, -0.15) is 5.10 Å². The van der Waals surface area contributed by atoms with Crippen LogP contribution in [0.4, 0.5) is 0 Å². The number of aromatic amines is 1. The first-order valence-corrected chi connectivity index (χ1v) is 7.02. The average Bonchev–Trinajstić information content (AvgIpc) is 2.87. The number of aromatic nitrogens is 2. The molecule has 21 heavy (non-hydrogen) atoms. The van der Waals surface area contributed by atoms with Gasteiger partial charge in [0.1, 0.15) is 0 Å². The number of carboxylic acids is 1. The van der Waals surface area contributed by atoms with E-state index >= 15 is 0 Å². The van der Waals surface area contributed by atoms with Gasteiger partial charge in [-0.25, -0.2) is 0 Å². The highest BCUT2D eigenvalue weighted by atomic mass is 16.4. The maximum atomic E-state index is 11.3. The molecular formula is C17H22N2O2. The monoisotopic (exact) mass is 286 g/mol. The molecule has 0 aliphatic carbocycles. The average molecular weight is 286 g/mol. The van der Waals surface area contributed by atoms with E-state index in [1.54, 1.807) is 13.8 Å². The second-order valence-electron chi connectivity index (χ2n) is 6.92. The molecule has 4 heteroatoms. The van der Waals surface area contributed by atoms with Gasteiger partial charge in [-0.3, -0.25) is 9.89 Å². The third-order valence-electron chi connectivity index (χ3n) is 3.84. The topological polar surface area (TPSA) is 66.0 Å². The Kier molecular flexibility index (Phi) is 3.66. The van der Waals surface area contributed by atoms with Crippen molar-refractivity contribution in [2.75, 3.05) is 0 Å². The van der Waals surface area contributed by atoms with E-state index in [0.717, 1.165) is 22.4 Å². The fourth-order valence-corrected chi connectivity index (χ4v) is 2.27. The van der Waals surface area contributed by atoms with Crippen molar-refractivity contribution in [2.24, 2.45) is 0 Å². The minimum absolute atomic E-state index is 0.0230. The van der Waals surface area contributed by atoms with Crippen LogP contribution in [0.25, 0.3) is 11.1 Å². The van der Waals surface area contributed by atoms with Gasteiger partial charge >= 0.3 is 5.97 Å². The molecule has 0 aliphatic rings. The molecule has 0 unspecified atom stereocenters. The van der Waals surface area contributed by atoms with E-state index in [9.17, 15) is 9.90 Å². The Bertz CT molecular complexity index is 646. The van der Waals surface area contributed by atoms with Crippen LogP contribution in [0.1, 0.15) is 45.9 Å². The number of H-pyrrole nitrogens is 1. The summed E-state index contributed by atoms with van der Waals surface area (Å²) in [4.78, 5) is 11.3. The number of aliphatic carboxylic acids is 1. The van der Waals surface area contributed by atoms with Gasteiger partial charge in [0.2, 0.25) is 0 Å². The summed E-state index contributed by atoms with van der Waals surface area (Å²) < 4.78 is 0. The van der Waals surface area contributed by atoms with Crippen molar-refractivity contribution in [1.29, 1.82) is 0 Å². The predicted octanol–water partition coefficient (Wildman–Crippen LogP) is 3.74. The van der Waals surface area contributed by atoms with Crippen molar-refractivity contribution in [3.8, 4) is 11.1 Å². The van der Waals surface area contributed by atoms with Crippen LogP contribution in [-0.4, -0.2) is 21.3 Å². The lowest BCUT2D eigenvalue weighted by molar-refractivity contribution is -0.142. The van der Waals surface area contributed by atoms with Crippen molar-refractivity contribution < 1.29 is 9.90 Å². The summed E-state index contributed by atoms with van der Waals surface area (Å²) in [5.41, 5.74) is 3.06. The molecule has 0 bridgehead atoms. The second-order valence-corrected chi connectivity index (χ2v) is 6.92. The molecule has 0 spiro atoms. The molecule has 112 valence electrons. The molecule has 0 amide bonds. The summed E-state index contributed by atoms with van der Waals surface area (Å²) in [6.45, 7) is 9.81. The Hall–Kier alpha value is -2.10. The van der Waals surface area contributed by atoms with E-state index in [1.807, 2.05) is 30.5 Å². The Labute approximate surface area is 125 Å². The van der Waals surface area contributed by atoms with Crippen LogP contribution in [0.2, 0.25) is 0 Å². The standard InChI is InChI=1S/C17H22N2O2/c1-16(2,3)14-13(10-18-19-14)11-6-8-12(9-7-11)17(4,5)15(20)21/h6-10H,1-5H3,(H,18,19)(H,20,21). The van der Waals surface area contributed by atoms with Crippen LogP contribution in [0.15, 0.2) is 30.5 Å². The first kappa shape index (κ1) is 15.3. The van der Waals surface area contributed by atoms with Gasteiger partial charge in [-0.15, -0.1) is 0 Å². The van der Waals surface area contributed by atoms with Gasteiger partial charge in [-0.05, 0) is 25.0 Å². The lowest BCUT2D eigenvalue weighted by Crippen LogP contribution is -2.28. The molecule has 1 aromatic carbocycles. The zero-order chi connectivity index (χ0) is 15.8. The minimum Gasteiger partial charge on any atom is -0.481 e.